The summed E-state index contributed by atoms with van der Waals surface area (Å²) in [5, 5.41) is 15.0. The Balaban J connectivity index is 1.75. The molecule has 11 heteroatoms. The molecule has 3 aliphatic rings. The maximum absolute atomic E-state index is 13.2. The van der Waals surface area contributed by atoms with E-state index in [0.717, 1.165) is 10.6 Å². The van der Waals surface area contributed by atoms with E-state index in [9.17, 15) is 28.1 Å². The van der Waals surface area contributed by atoms with Crippen LogP contribution < -0.4 is 10.6 Å². The number of likely N-dealkylation sites (tertiary alicyclic amines) is 1. The number of fused-ring (bicyclic) bond motifs is 1. The monoisotopic (exact) mass is 453 g/mol. The summed E-state index contributed by atoms with van der Waals surface area (Å²) in [6.07, 6.45) is 1.87. The Morgan fingerprint density at radius 1 is 1.42 bits per heavy atom. The van der Waals surface area contributed by atoms with Gasteiger partial charge in [0.15, 0.2) is 0 Å². The first-order chi connectivity index (χ1) is 14.3. The predicted octanol–water partition coefficient (Wildman–Crippen LogP) is -0.716. The molecule has 0 bridgehead atoms. The zero-order valence-electron chi connectivity index (χ0n) is 18.6. The zero-order valence-corrected chi connectivity index (χ0v) is 19.4. The first-order valence-electron chi connectivity index (χ1n) is 10.5. The second-order valence-corrected chi connectivity index (χ2v) is 11.6. The second kappa shape index (κ2) is 8.06. The van der Waals surface area contributed by atoms with Crippen LogP contribution in [0.3, 0.4) is 0 Å². The van der Waals surface area contributed by atoms with Crippen LogP contribution in [0.5, 0.6) is 0 Å². The Hall–Kier alpha value is -2.19. The third kappa shape index (κ3) is 4.28. The fourth-order valence-corrected chi connectivity index (χ4v) is 5.72. The average molecular weight is 454 g/mol. The fourth-order valence-electron chi connectivity index (χ4n) is 5.05. The minimum Gasteiger partial charge on any atom is -0.356 e. The number of piperidine rings is 1. The Labute approximate surface area is 183 Å². The minimum absolute atomic E-state index is 0.0543. The lowest BCUT2D eigenvalue weighted by Gasteiger charge is -2.34. The highest BCUT2D eigenvalue weighted by molar-refractivity contribution is 7.88. The van der Waals surface area contributed by atoms with E-state index in [1.54, 1.807) is 0 Å². The van der Waals surface area contributed by atoms with Gasteiger partial charge in [-0.2, -0.15) is 9.57 Å². The number of likely N-dealkylation sites (N-methyl/N-ethyl adjacent to an activating group) is 1. The van der Waals surface area contributed by atoms with E-state index in [1.165, 1.54) is 18.9 Å². The highest BCUT2D eigenvalue weighted by Crippen LogP contribution is 2.64. The summed E-state index contributed by atoms with van der Waals surface area (Å²) in [6.45, 7) is 6.52. The topological polar surface area (TPSA) is 140 Å². The molecule has 2 saturated heterocycles. The van der Waals surface area contributed by atoms with E-state index in [-0.39, 0.29) is 35.5 Å². The van der Waals surface area contributed by atoms with Gasteiger partial charge in [0.05, 0.1) is 12.3 Å². The van der Waals surface area contributed by atoms with Gasteiger partial charge in [0.25, 0.3) is 0 Å². The van der Waals surface area contributed by atoms with Crippen molar-refractivity contribution in [2.75, 3.05) is 26.4 Å². The number of nitriles is 1. The van der Waals surface area contributed by atoms with Crippen molar-refractivity contribution in [2.45, 2.75) is 51.7 Å². The van der Waals surface area contributed by atoms with Crippen molar-refractivity contribution in [1.29, 1.82) is 5.26 Å². The minimum atomic E-state index is -3.58. The van der Waals surface area contributed by atoms with Gasteiger partial charge >= 0.3 is 0 Å². The van der Waals surface area contributed by atoms with Crippen LogP contribution in [-0.4, -0.2) is 79.9 Å². The van der Waals surface area contributed by atoms with Crippen molar-refractivity contribution in [3.63, 3.8) is 0 Å². The summed E-state index contributed by atoms with van der Waals surface area (Å²) in [6, 6.07) is -0.495. The first-order valence-corrected chi connectivity index (χ1v) is 12.4. The molecule has 10 nitrogen and oxygen atoms in total. The molecule has 0 aromatic heterocycles. The average Bonchev–Trinajstić information content (AvgIpc) is 3.05. The van der Waals surface area contributed by atoms with Crippen LogP contribution in [-0.2, 0) is 24.4 Å². The molecule has 0 radical (unpaired) electrons. The molecule has 3 fully saturated rings. The lowest BCUT2D eigenvalue weighted by Crippen LogP contribution is -2.56. The van der Waals surface area contributed by atoms with E-state index < -0.39 is 40.0 Å². The lowest BCUT2D eigenvalue weighted by atomic mass is 9.97. The molecule has 1 unspecified atom stereocenters. The molecule has 1 aliphatic carbocycles. The van der Waals surface area contributed by atoms with Crippen molar-refractivity contribution in [3.8, 4) is 6.07 Å². The van der Waals surface area contributed by atoms with Gasteiger partial charge in [0, 0.05) is 26.1 Å². The number of sulfonamides is 1. The smallest absolute Gasteiger partial charge is 0.244 e. The van der Waals surface area contributed by atoms with Crippen LogP contribution >= 0.6 is 0 Å². The van der Waals surface area contributed by atoms with Crippen molar-refractivity contribution in [2.24, 2.45) is 23.2 Å². The maximum atomic E-state index is 13.2. The summed E-state index contributed by atoms with van der Waals surface area (Å²) < 4.78 is 24.7. The summed E-state index contributed by atoms with van der Waals surface area (Å²) in [4.78, 5) is 39.6. The molecule has 3 amide bonds. The zero-order chi connectivity index (χ0) is 23.3. The van der Waals surface area contributed by atoms with Crippen LogP contribution in [0.4, 0.5) is 0 Å². The van der Waals surface area contributed by atoms with Gasteiger partial charge < -0.3 is 15.5 Å². The number of nitrogens with zero attached hydrogens (tertiary/aromatic N) is 3. The largest absolute Gasteiger partial charge is 0.356 e. The molecule has 1 saturated carbocycles. The van der Waals surface area contributed by atoms with Crippen molar-refractivity contribution < 1.29 is 22.8 Å². The Kier molecular flexibility index (Phi) is 6.10. The van der Waals surface area contributed by atoms with Gasteiger partial charge in [-0.1, -0.05) is 13.8 Å². The van der Waals surface area contributed by atoms with E-state index in [0.29, 0.717) is 19.5 Å². The van der Waals surface area contributed by atoms with Gasteiger partial charge in [-0.15, -0.1) is 0 Å². The Morgan fingerprint density at radius 3 is 2.58 bits per heavy atom. The second-order valence-electron chi connectivity index (χ2n) is 9.55. The van der Waals surface area contributed by atoms with Crippen molar-refractivity contribution in [3.05, 3.63) is 0 Å². The summed E-state index contributed by atoms with van der Waals surface area (Å²) in [5.74, 6) is -1.20. The fraction of sp³-hybridized carbons (Fsp3) is 0.800. The van der Waals surface area contributed by atoms with E-state index in [2.05, 4.69) is 16.7 Å². The number of carbonyl (C=O) groups is 3. The van der Waals surface area contributed by atoms with E-state index in [4.69, 9.17) is 0 Å². The molecule has 0 aromatic carbocycles. The highest BCUT2D eigenvalue weighted by atomic mass is 32.2. The van der Waals surface area contributed by atoms with Gasteiger partial charge in [0.1, 0.15) is 18.1 Å². The molecule has 3 rings (SSSR count). The maximum Gasteiger partial charge on any atom is 0.244 e. The number of hydrogen-bond acceptors (Lipinski definition) is 6. The normalized spacial score (nSPS) is 30.9. The van der Waals surface area contributed by atoms with Crippen LogP contribution in [0.15, 0.2) is 0 Å². The van der Waals surface area contributed by atoms with E-state index in [1.807, 2.05) is 13.8 Å². The molecular formula is C20H31N5O5S. The number of nitrogens with one attached hydrogen (secondary N) is 2. The third-order valence-corrected chi connectivity index (χ3v) is 8.70. The standard InChI is InChI=1S/C20H31N5O5S/c1-11(24(4)31(5,29)30)19(28)25-10-14-15(20(14,2)3)16(25)18(27)23-13(9-21)8-12-6-7-22-17(12)26/h11-16H,6-8,10H2,1-5H3,(H,22,26)(H,23,27)/t11?,12-,13-,14-,15-,16-/m0/s1. The highest BCUT2D eigenvalue weighted by Gasteiger charge is 2.69. The van der Waals surface area contributed by atoms with Crippen molar-refractivity contribution >= 4 is 27.7 Å². The third-order valence-electron chi connectivity index (χ3n) is 7.34. The van der Waals surface area contributed by atoms with E-state index >= 15 is 0 Å². The van der Waals surface area contributed by atoms with Gasteiger partial charge in [-0.25, -0.2) is 8.42 Å². The molecule has 0 aromatic rings. The summed E-state index contributed by atoms with van der Waals surface area (Å²) in [5.41, 5.74) is -0.113. The van der Waals surface area contributed by atoms with Gasteiger partial charge in [-0.05, 0) is 37.0 Å². The molecular weight excluding hydrogens is 422 g/mol. The molecule has 6 atom stereocenters. The van der Waals surface area contributed by atoms with Crippen LogP contribution in [0.2, 0.25) is 0 Å². The summed E-state index contributed by atoms with van der Waals surface area (Å²) >= 11 is 0. The summed E-state index contributed by atoms with van der Waals surface area (Å²) in [7, 11) is -2.24. The molecule has 2 heterocycles. The molecule has 31 heavy (non-hydrogen) atoms. The molecule has 2 aliphatic heterocycles. The van der Waals surface area contributed by atoms with Crippen LogP contribution in [0.25, 0.3) is 0 Å². The van der Waals surface area contributed by atoms with Crippen LogP contribution in [0.1, 0.15) is 33.6 Å². The molecule has 172 valence electrons. The number of carbonyl (C=O) groups excluding carboxylic acids is 3. The van der Waals surface area contributed by atoms with Crippen molar-refractivity contribution in [1.82, 2.24) is 19.8 Å². The van der Waals surface area contributed by atoms with Crippen LogP contribution in [0, 0.1) is 34.5 Å². The van der Waals surface area contributed by atoms with Gasteiger partial charge in [0.2, 0.25) is 27.7 Å². The SMILES string of the molecule is CC(C(=O)N1C[C@H]2[C@@H]([C@H]1C(=O)N[C@H](C#N)C[C@@H]1CCNC1=O)C2(C)C)N(C)S(C)(=O)=O. The Morgan fingerprint density at radius 2 is 2.06 bits per heavy atom. The first kappa shape index (κ1) is 23.5. The van der Waals surface area contributed by atoms with Gasteiger partial charge in [-0.3, -0.25) is 14.4 Å². The quantitative estimate of drug-likeness (QED) is 0.522. The molecule has 2 N–H and O–H groups in total. The number of amides is 3. The molecule has 0 spiro atoms. The number of rotatable bonds is 7. The Bertz CT molecular complexity index is 927. The number of hydrogen-bond donors (Lipinski definition) is 2. The predicted molar refractivity (Wildman–Crippen MR) is 112 cm³/mol. The lowest BCUT2D eigenvalue weighted by molar-refractivity contribution is -0.142.